The molecule has 7 nitrogen and oxygen atoms in total. The van der Waals surface area contributed by atoms with E-state index in [9.17, 15) is 14.7 Å². The van der Waals surface area contributed by atoms with Gasteiger partial charge in [-0.25, -0.2) is 0 Å². The first-order valence-electron chi connectivity index (χ1n) is 7.65. The molecule has 0 saturated heterocycles. The third kappa shape index (κ3) is 3.75. The van der Waals surface area contributed by atoms with Gasteiger partial charge in [0.1, 0.15) is 0 Å². The molecule has 1 aliphatic rings. The van der Waals surface area contributed by atoms with Gasteiger partial charge in [-0.3, -0.25) is 14.6 Å². The summed E-state index contributed by atoms with van der Waals surface area (Å²) in [7, 11) is 0. The summed E-state index contributed by atoms with van der Waals surface area (Å²) in [6, 6.07) is 2.93. The zero-order chi connectivity index (χ0) is 16.8. The molecule has 0 spiro atoms. The summed E-state index contributed by atoms with van der Waals surface area (Å²) in [5.41, 5.74) is 0.830. The van der Waals surface area contributed by atoms with Gasteiger partial charge in [0, 0.05) is 25.4 Å². The number of rotatable bonds is 8. The summed E-state index contributed by atoms with van der Waals surface area (Å²) >= 11 is 0. The number of aliphatic hydroxyl groups excluding tert-OH is 2. The number of carbonyl (C=O) groups excluding carboxylic acids is 2. The van der Waals surface area contributed by atoms with Crippen LogP contribution in [0.1, 0.15) is 24.9 Å². The highest BCUT2D eigenvalue weighted by Crippen LogP contribution is 2.37. The second-order valence-electron chi connectivity index (χ2n) is 5.45. The normalized spacial score (nSPS) is 17.9. The number of hydrogen-bond acceptors (Lipinski definition) is 5. The van der Waals surface area contributed by atoms with Gasteiger partial charge in [0.2, 0.25) is 0 Å². The lowest BCUT2D eigenvalue weighted by Crippen LogP contribution is -2.85. The summed E-state index contributed by atoms with van der Waals surface area (Å²) in [6.45, 7) is 3.24. The van der Waals surface area contributed by atoms with Gasteiger partial charge in [-0.15, -0.1) is 0 Å². The number of aliphatic hydroxyl groups is 2. The number of nitrogens with two attached hydrogens (primary N) is 1. The van der Waals surface area contributed by atoms with Crippen LogP contribution in [0.2, 0.25) is 0 Å². The smallest absolute Gasteiger partial charge is 0.290 e. The molecule has 0 aromatic carbocycles. The Kier molecular flexibility index (Phi) is 5.84. The SMILES string of the molecule is CC(=O)C1=C(O)C(=O)N(CCC[NH2+]CCO)[C@H]1c1cccnc1. The van der Waals surface area contributed by atoms with Crippen molar-refractivity contribution in [3.8, 4) is 0 Å². The lowest BCUT2D eigenvalue weighted by atomic mass is 9.98. The largest absolute Gasteiger partial charge is 0.503 e. The average Bonchev–Trinajstić information content (AvgIpc) is 2.80. The van der Waals surface area contributed by atoms with Gasteiger partial charge < -0.3 is 20.4 Å². The number of nitrogens with zero attached hydrogens (tertiary/aromatic N) is 2. The number of quaternary nitrogens is 1. The third-order valence-electron chi connectivity index (χ3n) is 3.82. The first-order chi connectivity index (χ1) is 11.1. The number of carbonyl (C=O) groups is 2. The number of Topliss-reactive ketones (excluding diaryl/α,β-unsaturated/α-hetero) is 1. The fourth-order valence-corrected chi connectivity index (χ4v) is 2.77. The minimum atomic E-state index is -0.591. The van der Waals surface area contributed by atoms with E-state index in [0.717, 1.165) is 6.54 Å². The molecule has 0 fully saturated rings. The number of ketones is 1. The second kappa shape index (κ2) is 7.85. The molecule has 2 rings (SSSR count). The van der Waals surface area contributed by atoms with Gasteiger partial charge in [-0.1, -0.05) is 6.07 Å². The molecule has 0 radical (unpaired) electrons. The molecular formula is C16H22N3O4+. The van der Waals surface area contributed by atoms with E-state index in [1.807, 2.05) is 5.32 Å². The topological polar surface area (TPSA) is 107 Å². The first kappa shape index (κ1) is 17.1. The minimum Gasteiger partial charge on any atom is -0.503 e. The molecule has 7 heteroatoms. The number of pyridine rings is 1. The fraction of sp³-hybridized carbons (Fsp3) is 0.438. The predicted octanol–water partition coefficient (Wildman–Crippen LogP) is -0.688. The highest BCUT2D eigenvalue weighted by Gasteiger charge is 2.42. The van der Waals surface area contributed by atoms with Crippen LogP contribution in [0.5, 0.6) is 0 Å². The predicted molar refractivity (Wildman–Crippen MR) is 82.4 cm³/mol. The van der Waals surface area contributed by atoms with Crippen molar-refractivity contribution in [1.82, 2.24) is 9.88 Å². The zero-order valence-electron chi connectivity index (χ0n) is 13.1. The Labute approximate surface area is 134 Å². The van der Waals surface area contributed by atoms with Crippen LogP contribution in [0.4, 0.5) is 0 Å². The first-order valence-corrected chi connectivity index (χ1v) is 7.65. The number of aromatic nitrogens is 1. The lowest BCUT2D eigenvalue weighted by molar-refractivity contribution is -0.656. The Hall–Kier alpha value is -2.25. The maximum absolute atomic E-state index is 12.3. The maximum Gasteiger partial charge on any atom is 0.290 e. The van der Waals surface area contributed by atoms with Crippen LogP contribution in [0, 0.1) is 0 Å². The molecule has 1 atom stereocenters. The van der Waals surface area contributed by atoms with Crippen molar-refractivity contribution in [2.75, 3.05) is 26.2 Å². The quantitative estimate of drug-likeness (QED) is 0.550. The molecule has 4 N–H and O–H groups in total. The Balaban J connectivity index is 2.19. The van der Waals surface area contributed by atoms with Crippen LogP contribution in [0.15, 0.2) is 35.9 Å². The summed E-state index contributed by atoms with van der Waals surface area (Å²) in [5.74, 6) is -1.31. The molecule has 1 aliphatic heterocycles. The molecule has 124 valence electrons. The minimum absolute atomic E-state index is 0.109. The molecule has 1 amide bonds. The van der Waals surface area contributed by atoms with Crippen molar-refractivity contribution in [2.24, 2.45) is 0 Å². The second-order valence-corrected chi connectivity index (χ2v) is 5.45. The monoisotopic (exact) mass is 320 g/mol. The molecule has 1 aromatic rings. The molecule has 0 bridgehead atoms. The number of amides is 1. The highest BCUT2D eigenvalue weighted by atomic mass is 16.3. The summed E-state index contributed by atoms with van der Waals surface area (Å²) < 4.78 is 0. The van der Waals surface area contributed by atoms with Crippen LogP contribution in [0.3, 0.4) is 0 Å². The van der Waals surface area contributed by atoms with Crippen LogP contribution in [-0.2, 0) is 9.59 Å². The number of hydrogen-bond donors (Lipinski definition) is 3. The molecule has 23 heavy (non-hydrogen) atoms. The van der Waals surface area contributed by atoms with Gasteiger partial charge >= 0.3 is 0 Å². The van der Waals surface area contributed by atoms with E-state index in [1.165, 1.54) is 11.8 Å². The molecule has 0 unspecified atom stereocenters. The van der Waals surface area contributed by atoms with Crippen molar-refractivity contribution in [1.29, 1.82) is 0 Å². The Morgan fingerprint density at radius 1 is 1.43 bits per heavy atom. The van der Waals surface area contributed by atoms with Gasteiger partial charge in [0.15, 0.2) is 11.5 Å². The molecule has 2 heterocycles. The lowest BCUT2D eigenvalue weighted by Gasteiger charge is -2.26. The van der Waals surface area contributed by atoms with E-state index >= 15 is 0 Å². The van der Waals surface area contributed by atoms with Crippen molar-refractivity contribution < 1.29 is 25.1 Å². The van der Waals surface area contributed by atoms with Crippen molar-refractivity contribution in [2.45, 2.75) is 19.4 Å². The van der Waals surface area contributed by atoms with E-state index in [4.69, 9.17) is 5.11 Å². The summed E-state index contributed by atoms with van der Waals surface area (Å²) in [4.78, 5) is 29.8. The Bertz CT molecular complexity index is 601. The van der Waals surface area contributed by atoms with E-state index < -0.39 is 17.7 Å². The highest BCUT2D eigenvalue weighted by molar-refractivity contribution is 6.08. The fourth-order valence-electron chi connectivity index (χ4n) is 2.77. The zero-order valence-corrected chi connectivity index (χ0v) is 13.1. The molecule has 0 saturated carbocycles. The maximum atomic E-state index is 12.3. The van der Waals surface area contributed by atoms with Gasteiger partial charge in [-0.05, 0) is 18.6 Å². The Morgan fingerprint density at radius 3 is 2.83 bits per heavy atom. The Morgan fingerprint density at radius 2 is 2.22 bits per heavy atom. The molecule has 1 aromatic heterocycles. The van der Waals surface area contributed by atoms with Crippen molar-refractivity contribution in [3.05, 3.63) is 41.4 Å². The van der Waals surface area contributed by atoms with Crippen LogP contribution in [0.25, 0.3) is 0 Å². The van der Waals surface area contributed by atoms with Gasteiger partial charge in [0.05, 0.1) is 31.3 Å². The van der Waals surface area contributed by atoms with E-state index in [0.29, 0.717) is 25.1 Å². The van der Waals surface area contributed by atoms with Crippen molar-refractivity contribution >= 4 is 11.7 Å². The van der Waals surface area contributed by atoms with E-state index in [1.54, 1.807) is 24.5 Å². The third-order valence-corrected chi connectivity index (χ3v) is 3.82. The molecular weight excluding hydrogens is 298 g/mol. The summed E-state index contributed by atoms with van der Waals surface area (Å²) in [5, 5.41) is 20.8. The van der Waals surface area contributed by atoms with Gasteiger partial charge in [-0.2, -0.15) is 0 Å². The molecule has 0 aliphatic carbocycles. The van der Waals surface area contributed by atoms with E-state index in [2.05, 4.69) is 4.98 Å². The van der Waals surface area contributed by atoms with E-state index in [-0.39, 0.29) is 18.0 Å². The van der Waals surface area contributed by atoms with Crippen LogP contribution >= 0.6 is 0 Å². The average molecular weight is 320 g/mol. The standard InChI is InChI=1S/C16H21N3O4/c1-11(21)13-14(12-4-2-5-18-10-12)19(16(23)15(13)22)8-3-6-17-7-9-20/h2,4-5,10,14,17,20,22H,3,6-9H2,1H3/p+1/t14-/m0/s1. The van der Waals surface area contributed by atoms with Crippen LogP contribution < -0.4 is 5.32 Å². The van der Waals surface area contributed by atoms with Crippen molar-refractivity contribution in [3.63, 3.8) is 0 Å². The summed E-state index contributed by atoms with van der Waals surface area (Å²) in [6.07, 6.45) is 3.91. The van der Waals surface area contributed by atoms with Gasteiger partial charge in [0.25, 0.3) is 5.91 Å². The van der Waals surface area contributed by atoms with Crippen LogP contribution in [-0.4, -0.2) is 58.0 Å².